The Morgan fingerprint density at radius 2 is 2.07 bits per heavy atom. The maximum atomic E-state index is 13.2. The van der Waals surface area contributed by atoms with Gasteiger partial charge in [-0.25, -0.2) is 13.8 Å². The number of carbonyl (C=O) groups is 1. The highest BCUT2D eigenvalue weighted by molar-refractivity contribution is 7.11. The van der Waals surface area contributed by atoms with Gasteiger partial charge in [0.1, 0.15) is 16.7 Å². The van der Waals surface area contributed by atoms with Crippen LogP contribution in [0.5, 0.6) is 0 Å². The van der Waals surface area contributed by atoms with Crippen LogP contribution in [0.25, 0.3) is 0 Å². The molecule has 0 radical (unpaired) electrons. The summed E-state index contributed by atoms with van der Waals surface area (Å²) in [7, 11) is 1.49. The second-order valence-electron chi connectivity index (χ2n) is 6.06. The molecule has 1 atom stereocenters. The summed E-state index contributed by atoms with van der Waals surface area (Å²) in [6, 6.07) is 6.40. The van der Waals surface area contributed by atoms with Gasteiger partial charge in [-0.15, -0.1) is 11.3 Å². The van der Waals surface area contributed by atoms with Crippen LogP contribution in [-0.4, -0.2) is 20.7 Å². The number of nitrogens with one attached hydrogen (secondary N) is 1. The van der Waals surface area contributed by atoms with Gasteiger partial charge in [0.05, 0.1) is 11.3 Å². The van der Waals surface area contributed by atoms with E-state index in [9.17, 15) is 13.6 Å². The fraction of sp³-hybridized carbons (Fsp3) is 0.278. The molecule has 0 saturated carbocycles. The van der Waals surface area contributed by atoms with Crippen molar-refractivity contribution in [1.29, 1.82) is 0 Å². The predicted octanol–water partition coefficient (Wildman–Crippen LogP) is 4.60. The molecule has 0 bridgehead atoms. The lowest BCUT2D eigenvalue weighted by Crippen LogP contribution is -2.29. The van der Waals surface area contributed by atoms with Gasteiger partial charge in [0.2, 0.25) is 0 Å². The van der Waals surface area contributed by atoms with Crippen LogP contribution >= 0.6 is 22.9 Å². The average molecular weight is 411 g/mol. The first-order chi connectivity index (χ1) is 12.8. The Morgan fingerprint density at radius 3 is 2.67 bits per heavy atom. The highest BCUT2D eigenvalue weighted by atomic mass is 35.5. The van der Waals surface area contributed by atoms with Gasteiger partial charge in [-0.05, 0) is 31.5 Å². The number of alkyl halides is 2. The van der Waals surface area contributed by atoms with E-state index in [0.717, 1.165) is 10.6 Å². The van der Waals surface area contributed by atoms with Gasteiger partial charge in [-0.1, -0.05) is 23.7 Å². The largest absolute Gasteiger partial charge is 0.339 e. The van der Waals surface area contributed by atoms with Crippen molar-refractivity contribution in [2.75, 3.05) is 0 Å². The Kier molecular flexibility index (Phi) is 5.57. The van der Waals surface area contributed by atoms with Crippen molar-refractivity contribution in [3.05, 3.63) is 67.9 Å². The zero-order valence-corrected chi connectivity index (χ0v) is 16.4. The van der Waals surface area contributed by atoms with Crippen LogP contribution in [-0.2, 0) is 7.05 Å². The summed E-state index contributed by atoms with van der Waals surface area (Å²) in [5.41, 5.74) is 0.855. The Bertz CT molecular complexity index is 966. The molecule has 142 valence electrons. The van der Waals surface area contributed by atoms with E-state index in [2.05, 4.69) is 15.4 Å². The second-order valence-corrected chi connectivity index (χ2v) is 7.73. The summed E-state index contributed by atoms with van der Waals surface area (Å²) in [4.78, 5) is 18.3. The zero-order chi connectivity index (χ0) is 19.7. The van der Waals surface area contributed by atoms with E-state index in [1.54, 1.807) is 24.3 Å². The van der Waals surface area contributed by atoms with Crippen LogP contribution in [0.15, 0.2) is 30.5 Å². The second kappa shape index (κ2) is 7.74. The van der Waals surface area contributed by atoms with Crippen molar-refractivity contribution < 1.29 is 13.6 Å². The minimum absolute atomic E-state index is 0.162. The maximum absolute atomic E-state index is 13.2. The average Bonchev–Trinajstić information content (AvgIpc) is 3.15. The normalized spacial score (nSPS) is 12.4. The first-order valence-electron chi connectivity index (χ1n) is 8.08. The first-order valence-corrected chi connectivity index (χ1v) is 9.27. The van der Waals surface area contributed by atoms with Gasteiger partial charge in [0.15, 0.2) is 0 Å². The molecule has 0 aliphatic heterocycles. The molecule has 3 rings (SSSR count). The number of halogens is 3. The van der Waals surface area contributed by atoms with E-state index in [0.29, 0.717) is 15.6 Å². The molecule has 0 aliphatic carbocycles. The lowest BCUT2D eigenvalue weighted by Gasteiger charge is -2.17. The van der Waals surface area contributed by atoms with Crippen molar-refractivity contribution in [3.8, 4) is 0 Å². The van der Waals surface area contributed by atoms with E-state index in [1.807, 2.05) is 13.8 Å². The minimum Gasteiger partial charge on any atom is -0.339 e. The summed E-state index contributed by atoms with van der Waals surface area (Å²) in [5, 5.41) is 7.66. The van der Waals surface area contributed by atoms with E-state index in [1.165, 1.54) is 29.3 Å². The molecule has 3 aromatic rings. The Labute approximate surface area is 164 Å². The zero-order valence-electron chi connectivity index (χ0n) is 14.8. The third kappa shape index (κ3) is 4.17. The van der Waals surface area contributed by atoms with Crippen LogP contribution in [0.3, 0.4) is 0 Å². The number of aromatic nitrogens is 3. The van der Waals surface area contributed by atoms with Crippen molar-refractivity contribution in [1.82, 2.24) is 20.1 Å². The minimum atomic E-state index is -2.85. The van der Waals surface area contributed by atoms with Gasteiger partial charge in [0.25, 0.3) is 12.3 Å². The van der Waals surface area contributed by atoms with Gasteiger partial charge < -0.3 is 5.32 Å². The van der Waals surface area contributed by atoms with E-state index >= 15 is 0 Å². The van der Waals surface area contributed by atoms with Gasteiger partial charge in [0, 0.05) is 23.1 Å². The van der Waals surface area contributed by atoms with Crippen molar-refractivity contribution >= 4 is 28.8 Å². The Hall–Kier alpha value is -2.32. The predicted molar refractivity (Wildman–Crippen MR) is 101 cm³/mol. The monoisotopic (exact) mass is 410 g/mol. The number of amides is 1. The molecule has 0 fully saturated rings. The van der Waals surface area contributed by atoms with Gasteiger partial charge in [-0.2, -0.15) is 5.10 Å². The molecule has 1 unspecified atom stereocenters. The van der Waals surface area contributed by atoms with Crippen molar-refractivity contribution in [2.24, 2.45) is 7.05 Å². The molecule has 1 N–H and O–H groups in total. The van der Waals surface area contributed by atoms with E-state index in [-0.39, 0.29) is 5.56 Å². The summed E-state index contributed by atoms with van der Waals surface area (Å²) in [6.07, 6.45) is -1.56. The summed E-state index contributed by atoms with van der Waals surface area (Å²) < 4.78 is 27.6. The third-order valence-corrected chi connectivity index (χ3v) is 5.43. The molecule has 0 aliphatic rings. The molecule has 9 heteroatoms. The molecule has 2 aromatic heterocycles. The molecule has 0 spiro atoms. The van der Waals surface area contributed by atoms with Gasteiger partial charge in [-0.3, -0.25) is 9.48 Å². The molecule has 5 nitrogen and oxygen atoms in total. The smallest absolute Gasteiger partial charge is 0.282 e. The molecular weight excluding hydrogens is 394 g/mol. The fourth-order valence-electron chi connectivity index (χ4n) is 2.65. The summed E-state index contributed by atoms with van der Waals surface area (Å²) in [6.45, 7) is 3.81. The van der Waals surface area contributed by atoms with Crippen LogP contribution in [0.1, 0.15) is 49.7 Å². The van der Waals surface area contributed by atoms with Gasteiger partial charge >= 0.3 is 0 Å². The van der Waals surface area contributed by atoms with Crippen LogP contribution < -0.4 is 5.32 Å². The first kappa shape index (κ1) is 19.4. The third-order valence-electron chi connectivity index (χ3n) is 4.06. The summed E-state index contributed by atoms with van der Waals surface area (Å²) >= 11 is 7.53. The van der Waals surface area contributed by atoms with E-state index < -0.39 is 24.1 Å². The van der Waals surface area contributed by atoms with Crippen molar-refractivity contribution in [2.45, 2.75) is 26.3 Å². The fourth-order valence-corrected chi connectivity index (χ4v) is 3.85. The molecule has 1 aromatic carbocycles. The number of thiazole rings is 1. The van der Waals surface area contributed by atoms with Crippen LogP contribution in [0.2, 0.25) is 5.02 Å². The highest BCUT2D eigenvalue weighted by Gasteiger charge is 2.27. The van der Waals surface area contributed by atoms with Crippen molar-refractivity contribution in [3.63, 3.8) is 0 Å². The SMILES string of the molecule is Cc1nc(C(NC(=O)c2cn(C)nc2C(F)F)c2cccc(Cl)c2)sc1C. The molecule has 1 amide bonds. The standard InChI is InChI=1S/C18H17ClF2N4OS/c1-9-10(2)27-18(22-9)14(11-5-4-6-12(19)7-11)23-17(26)13-8-25(3)24-15(13)16(20)21/h4-8,14,16H,1-3H3,(H,23,26). The summed E-state index contributed by atoms with van der Waals surface area (Å²) in [5.74, 6) is -0.645. The lowest BCUT2D eigenvalue weighted by molar-refractivity contribution is 0.0928. The molecular formula is C18H17ClF2N4OS. The number of aryl methyl sites for hydroxylation is 3. The number of hydrogen-bond donors (Lipinski definition) is 1. The van der Waals surface area contributed by atoms with Crippen LogP contribution in [0, 0.1) is 13.8 Å². The Balaban J connectivity index is 2.00. The molecule has 0 saturated heterocycles. The maximum Gasteiger partial charge on any atom is 0.282 e. The Morgan fingerprint density at radius 1 is 1.33 bits per heavy atom. The van der Waals surface area contributed by atoms with Crippen LogP contribution in [0.4, 0.5) is 8.78 Å². The number of nitrogens with zero attached hydrogens (tertiary/aromatic N) is 3. The topological polar surface area (TPSA) is 59.8 Å². The number of hydrogen-bond acceptors (Lipinski definition) is 4. The molecule has 2 heterocycles. The molecule has 27 heavy (non-hydrogen) atoms. The lowest BCUT2D eigenvalue weighted by atomic mass is 10.1. The number of rotatable bonds is 5. The number of carbonyl (C=O) groups excluding carboxylic acids is 1. The quantitative estimate of drug-likeness (QED) is 0.668. The van der Waals surface area contributed by atoms with E-state index in [4.69, 9.17) is 11.6 Å². The highest BCUT2D eigenvalue weighted by Crippen LogP contribution is 2.30. The number of benzene rings is 1.